The van der Waals surface area contributed by atoms with Gasteiger partial charge in [0, 0.05) is 23.9 Å². The third-order valence-electron chi connectivity index (χ3n) is 4.66. The molecule has 1 aromatic rings. The fraction of sp³-hybridized carbons (Fsp3) is 0.611. The fourth-order valence-electron chi connectivity index (χ4n) is 3.06. The van der Waals surface area contributed by atoms with Crippen LogP contribution in [0.2, 0.25) is 0 Å². The number of carbonyl (C=O) groups excluding carboxylic acids is 1. The standard InChI is InChI=1S/C18H28N2O2.ClH/c1-18(2,14-7-9-16(22-3)10-8-14)12-20-17(21)13-5-4-6-15(19)11-13;/h7-10,13,15H,4-6,11-12,19H2,1-3H3,(H,20,21);1H. The van der Waals surface area contributed by atoms with E-state index in [2.05, 4.69) is 31.3 Å². The molecule has 2 unspecified atom stereocenters. The molecule has 2 rings (SSSR count). The van der Waals surface area contributed by atoms with Gasteiger partial charge in [-0.3, -0.25) is 4.79 Å². The van der Waals surface area contributed by atoms with Crippen LogP contribution >= 0.6 is 12.4 Å². The van der Waals surface area contributed by atoms with Gasteiger partial charge in [0.15, 0.2) is 0 Å². The van der Waals surface area contributed by atoms with Crippen LogP contribution in [0.4, 0.5) is 0 Å². The molecule has 0 saturated heterocycles. The van der Waals surface area contributed by atoms with Gasteiger partial charge in [-0.25, -0.2) is 0 Å². The minimum Gasteiger partial charge on any atom is -0.497 e. The third-order valence-corrected chi connectivity index (χ3v) is 4.66. The number of nitrogens with one attached hydrogen (secondary N) is 1. The molecule has 4 nitrogen and oxygen atoms in total. The second-order valence-corrected chi connectivity index (χ2v) is 6.95. The number of rotatable bonds is 5. The topological polar surface area (TPSA) is 64.3 Å². The second-order valence-electron chi connectivity index (χ2n) is 6.95. The van der Waals surface area contributed by atoms with Gasteiger partial charge in [0.1, 0.15) is 5.75 Å². The minimum atomic E-state index is -0.112. The molecule has 0 bridgehead atoms. The summed E-state index contributed by atoms with van der Waals surface area (Å²) in [6.07, 6.45) is 3.87. The van der Waals surface area contributed by atoms with Gasteiger partial charge in [-0.2, -0.15) is 0 Å². The minimum absolute atomic E-state index is 0. The lowest BCUT2D eigenvalue weighted by Crippen LogP contribution is -2.42. The highest BCUT2D eigenvalue weighted by atomic mass is 35.5. The molecule has 0 spiro atoms. The number of hydrogen-bond acceptors (Lipinski definition) is 3. The lowest BCUT2D eigenvalue weighted by molar-refractivity contribution is -0.126. The molecule has 2 atom stereocenters. The van der Waals surface area contributed by atoms with Gasteiger partial charge < -0.3 is 15.8 Å². The zero-order valence-corrected chi connectivity index (χ0v) is 15.1. The summed E-state index contributed by atoms with van der Waals surface area (Å²) >= 11 is 0. The lowest BCUT2D eigenvalue weighted by atomic mass is 9.83. The summed E-state index contributed by atoms with van der Waals surface area (Å²) in [4.78, 5) is 12.3. The molecule has 1 fully saturated rings. The van der Waals surface area contributed by atoms with Gasteiger partial charge >= 0.3 is 0 Å². The Balaban J connectivity index is 0.00000264. The maximum absolute atomic E-state index is 12.3. The first-order valence-electron chi connectivity index (χ1n) is 8.10. The molecule has 1 amide bonds. The molecule has 1 aliphatic carbocycles. The van der Waals surface area contributed by atoms with Crippen molar-refractivity contribution in [2.75, 3.05) is 13.7 Å². The average molecular weight is 341 g/mol. The van der Waals surface area contributed by atoms with Crippen LogP contribution in [0, 0.1) is 5.92 Å². The van der Waals surface area contributed by atoms with Gasteiger partial charge in [-0.05, 0) is 37.0 Å². The number of carbonyl (C=O) groups is 1. The van der Waals surface area contributed by atoms with E-state index in [1.807, 2.05) is 12.1 Å². The van der Waals surface area contributed by atoms with E-state index < -0.39 is 0 Å². The van der Waals surface area contributed by atoms with Crippen LogP contribution < -0.4 is 15.8 Å². The van der Waals surface area contributed by atoms with E-state index in [9.17, 15) is 4.79 Å². The Labute approximate surface area is 145 Å². The Morgan fingerprint density at radius 1 is 1.30 bits per heavy atom. The fourth-order valence-corrected chi connectivity index (χ4v) is 3.06. The van der Waals surface area contributed by atoms with E-state index in [1.165, 1.54) is 5.56 Å². The summed E-state index contributed by atoms with van der Waals surface area (Å²) in [6.45, 7) is 4.91. The maximum Gasteiger partial charge on any atom is 0.223 e. The van der Waals surface area contributed by atoms with E-state index in [0.29, 0.717) is 6.54 Å². The molecule has 1 aromatic carbocycles. The Morgan fingerprint density at radius 3 is 2.52 bits per heavy atom. The molecule has 5 heteroatoms. The highest BCUT2D eigenvalue weighted by Crippen LogP contribution is 2.26. The van der Waals surface area contributed by atoms with Gasteiger partial charge in [0.05, 0.1) is 7.11 Å². The van der Waals surface area contributed by atoms with Crippen molar-refractivity contribution in [1.29, 1.82) is 0 Å². The monoisotopic (exact) mass is 340 g/mol. The number of halogens is 1. The van der Waals surface area contributed by atoms with Crippen LogP contribution in [0.1, 0.15) is 45.1 Å². The molecule has 130 valence electrons. The van der Waals surface area contributed by atoms with Crippen molar-refractivity contribution in [2.24, 2.45) is 11.7 Å². The predicted octanol–water partition coefficient (Wildman–Crippen LogP) is 3.03. The largest absolute Gasteiger partial charge is 0.497 e. The maximum atomic E-state index is 12.3. The Hall–Kier alpha value is -1.26. The SMILES string of the molecule is COc1ccc(C(C)(C)CNC(=O)C2CCCC(N)C2)cc1.Cl. The molecule has 0 heterocycles. The van der Waals surface area contributed by atoms with Crippen LogP contribution in [0.25, 0.3) is 0 Å². The van der Waals surface area contributed by atoms with Crippen LogP contribution in [0.5, 0.6) is 5.75 Å². The quantitative estimate of drug-likeness (QED) is 0.866. The zero-order valence-electron chi connectivity index (χ0n) is 14.3. The zero-order chi connectivity index (χ0) is 16.2. The van der Waals surface area contributed by atoms with E-state index >= 15 is 0 Å². The highest BCUT2D eigenvalue weighted by molar-refractivity contribution is 5.85. The van der Waals surface area contributed by atoms with Gasteiger partial charge in [0.25, 0.3) is 0 Å². The average Bonchev–Trinajstić information content (AvgIpc) is 2.52. The van der Waals surface area contributed by atoms with Crippen LogP contribution in [0.15, 0.2) is 24.3 Å². The number of nitrogens with two attached hydrogens (primary N) is 1. The van der Waals surface area contributed by atoms with Crippen molar-refractivity contribution >= 4 is 18.3 Å². The Bertz CT molecular complexity index is 502. The second kappa shape index (κ2) is 8.55. The molecular formula is C18H29ClN2O2. The van der Waals surface area contributed by atoms with E-state index in [-0.39, 0.29) is 35.7 Å². The first-order valence-corrected chi connectivity index (χ1v) is 8.10. The first kappa shape index (κ1) is 19.8. The Kier molecular flexibility index (Phi) is 7.36. The van der Waals surface area contributed by atoms with Crippen molar-refractivity contribution in [2.45, 2.75) is 51.0 Å². The number of benzene rings is 1. The Morgan fingerprint density at radius 2 is 1.96 bits per heavy atom. The summed E-state index contributed by atoms with van der Waals surface area (Å²) in [6, 6.07) is 8.21. The summed E-state index contributed by atoms with van der Waals surface area (Å²) in [5, 5.41) is 3.11. The van der Waals surface area contributed by atoms with Gasteiger partial charge in [0.2, 0.25) is 5.91 Å². The highest BCUT2D eigenvalue weighted by Gasteiger charge is 2.27. The van der Waals surface area contributed by atoms with Crippen molar-refractivity contribution < 1.29 is 9.53 Å². The van der Waals surface area contributed by atoms with Crippen molar-refractivity contribution in [3.8, 4) is 5.75 Å². The lowest BCUT2D eigenvalue weighted by Gasteiger charge is -2.29. The van der Waals surface area contributed by atoms with Gasteiger partial charge in [-0.15, -0.1) is 12.4 Å². The van der Waals surface area contributed by atoms with E-state index in [0.717, 1.165) is 31.4 Å². The van der Waals surface area contributed by atoms with Crippen molar-refractivity contribution in [3.05, 3.63) is 29.8 Å². The van der Waals surface area contributed by atoms with Gasteiger partial charge in [-0.1, -0.05) is 32.4 Å². The summed E-state index contributed by atoms with van der Waals surface area (Å²) in [5.74, 6) is 1.08. The van der Waals surface area contributed by atoms with Crippen LogP contribution in [-0.2, 0) is 10.2 Å². The molecular weight excluding hydrogens is 312 g/mol. The molecule has 3 N–H and O–H groups in total. The predicted molar refractivity (Wildman–Crippen MR) is 96.2 cm³/mol. The molecule has 1 aliphatic rings. The number of amides is 1. The number of methoxy groups -OCH3 is 1. The molecule has 0 aliphatic heterocycles. The third kappa shape index (κ3) is 5.40. The molecule has 1 saturated carbocycles. The van der Waals surface area contributed by atoms with Crippen molar-refractivity contribution in [3.63, 3.8) is 0 Å². The van der Waals surface area contributed by atoms with Crippen LogP contribution in [-0.4, -0.2) is 25.6 Å². The molecule has 0 aromatic heterocycles. The number of ether oxygens (including phenoxy) is 1. The summed E-state index contributed by atoms with van der Waals surface area (Å²) in [7, 11) is 1.66. The number of hydrogen-bond donors (Lipinski definition) is 2. The van der Waals surface area contributed by atoms with E-state index in [1.54, 1.807) is 7.11 Å². The van der Waals surface area contributed by atoms with E-state index in [4.69, 9.17) is 10.5 Å². The summed E-state index contributed by atoms with van der Waals surface area (Å²) in [5.41, 5.74) is 7.05. The first-order chi connectivity index (χ1) is 10.4. The molecule has 0 radical (unpaired) electrons. The molecule has 23 heavy (non-hydrogen) atoms. The van der Waals surface area contributed by atoms with Crippen LogP contribution in [0.3, 0.4) is 0 Å². The summed E-state index contributed by atoms with van der Waals surface area (Å²) < 4.78 is 5.19. The smallest absolute Gasteiger partial charge is 0.223 e. The normalized spacial score (nSPS) is 21.2. The van der Waals surface area contributed by atoms with Crippen molar-refractivity contribution in [1.82, 2.24) is 5.32 Å².